The van der Waals surface area contributed by atoms with Crippen LogP contribution in [0.4, 0.5) is 13.2 Å². The molecular weight excluding hydrogens is 285 g/mol. The number of rotatable bonds is 2. The van der Waals surface area contributed by atoms with Crippen LogP contribution in [0.1, 0.15) is 51.4 Å². The van der Waals surface area contributed by atoms with Gasteiger partial charge in [0, 0.05) is 18.8 Å². The third-order valence-electron chi connectivity index (χ3n) is 5.10. The molecular formula is C15H24F3OS+. The summed E-state index contributed by atoms with van der Waals surface area (Å²) < 4.78 is 29.0. The largest absolute Gasteiger partial charge is 0.379 e. The highest BCUT2D eigenvalue weighted by Gasteiger charge is 2.50. The summed E-state index contributed by atoms with van der Waals surface area (Å²) in [4.78, 5) is 12.0. The van der Waals surface area contributed by atoms with Crippen LogP contribution in [-0.2, 0) is 15.7 Å². The first-order chi connectivity index (χ1) is 9.49. The Labute approximate surface area is 122 Å². The normalized spacial score (nSPS) is 37.8. The van der Waals surface area contributed by atoms with Crippen molar-refractivity contribution in [2.75, 3.05) is 6.26 Å². The SMILES string of the molecule is C[S+](C1CCCCC1=O)C1CC2CCC1C2.FC(F)F. The van der Waals surface area contributed by atoms with Gasteiger partial charge >= 0.3 is 6.68 Å². The van der Waals surface area contributed by atoms with E-state index in [1.165, 1.54) is 38.5 Å². The predicted molar refractivity (Wildman–Crippen MR) is 76.9 cm³/mol. The topological polar surface area (TPSA) is 17.1 Å². The van der Waals surface area contributed by atoms with Gasteiger partial charge in [-0.25, -0.2) is 0 Å². The first kappa shape index (κ1) is 16.2. The maximum atomic E-state index is 12.0. The Bertz CT molecular complexity index is 334. The van der Waals surface area contributed by atoms with Gasteiger partial charge in [-0.1, -0.05) is 0 Å². The van der Waals surface area contributed by atoms with E-state index < -0.39 is 6.68 Å². The maximum Gasteiger partial charge on any atom is 0.379 e. The van der Waals surface area contributed by atoms with Gasteiger partial charge in [-0.2, -0.15) is 13.2 Å². The lowest BCUT2D eigenvalue weighted by Gasteiger charge is -2.27. The van der Waals surface area contributed by atoms with Gasteiger partial charge in [0.05, 0.1) is 6.26 Å². The van der Waals surface area contributed by atoms with Crippen molar-refractivity contribution in [1.82, 2.24) is 0 Å². The molecule has 3 aliphatic carbocycles. The van der Waals surface area contributed by atoms with Crippen LogP contribution in [0.5, 0.6) is 0 Å². The number of hydrogen-bond donors (Lipinski definition) is 0. The van der Waals surface area contributed by atoms with E-state index in [2.05, 4.69) is 6.26 Å². The van der Waals surface area contributed by atoms with Crippen LogP contribution >= 0.6 is 0 Å². The van der Waals surface area contributed by atoms with Crippen LogP contribution in [0.2, 0.25) is 0 Å². The first-order valence-corrected chi connectivity index (χ1v) is 9.33. The van der Waals surface area contributed by atoms with Crippen LogP contribution in [0.25, 0.3) is 0 Å². The molecule has 0 amide bonds. The smallest absolute Gasteiger partial charge is 0.294 e. The molecule has 3 saturated carbocycles. The summed E-state index contributed by atoms with van der Waals surface area (Å²) in [5.74, 6) is 2.62. The number of carbonyl (C=O) groups excluding carboxylic acids is 1. The van der Waals surface area contributed by atoms with Gasteiger partial charge in [0.15, 0.2) is 11.0 Å². The third kappa shape index (κ3) is 3.92. The van der Waals surface area contributed by atoms with Gasteiger partial charge in [-0.05, 0) is 55.3 Å². The molecule has 3 rings (SSSR count). The van der Waals surface area contributed by atoms with E-state index in [0.29, 0.717) is 21.9 Å². The Balaban J connectivity index is 0.000000328. The summed E-state index contributed by atoms with van der Waals surface area (Å²) in [6, 6.07) is 0. The Morgan fingerprint density at radius 2 is 1.80 bits per heavy atom. The average Bonchev–Trinajstić information content (AvgIpc) is 3.00. The lowest BCUT2D eigenvalue weighted by molar-refractivity contribution is -0.119. The molecule has 0 aliphatic heterocycles. The van der Waals surface area contributed by atoms with Crippen molar-refractivity contribution in [1.29, 1.82) is 0 Å². The molecule has 0 N–H and O–H groups in total. The Morgan fingerprint density at radius 3 is 2.30 bits per heavy atom. The summed E-state index contributed by atoms with van der Waals surface area (Å²) in [5.41, 5.74) is 0. The minimum atomic E-state index is -3.67. The highest BCUT2D eigenvalue weighted by Crippen LogP contribution is 2.48. The van der Waals surface area contributed by atoms with Gasteiger partial charge in [0.1, 0.15) is 5.25 Å². The first-order valence-electron chi connectivity index (χ1n) is 7.57. The van der Waals surface area contributed by atoms with Gasteiger partial charge < -0.3 is 0 Å². The second-order valence-corrected chi connectivity index (χ2v) is 8.66. The van der Waals surface area contributed by atoms with Gasteiger partial charge in [0.2, 0.25) is 0 Å². The number of Topliss-reactive ketones (excluding diaryl/α,β-unsaturated/α-hetero) is 1. The van der Waals surface area contributed by atoms with Crippen molar-refractivity contribution in [3.05, 3.63) is 0 Å². The number of ketones is 1. The van der Waals surface area contributed by atoms with E-state index in [1.807, 2.05) is 0 Å². The van der Waals surface area contributed by atoms with Crippen LogP contribution < -0.4 is 0 Å². The number of hydrogen-bond acceptors (Lipinski definition) is 1. The molecule has 0 aromatic rings. The van der Waals surface area contributed by atoms with Crippen molar-refractivity contribution in [2.45, 2.75) is 68.5 Å². The minimum Gasteiger partial charge on any atom is -0.294 e. The molecule has 3 fully saturated rings. The molecule has 1 nitrogen and oxygen atoms in total. The van der Waals surface area contributed by atoms with Gasteiger partial charge in [-0.15, -0.1) is 0 Å². The summed E-state index contributed by atoms with van der Waals surface area (Å²) in [7, 11) is 0.389. The summed E-state index contributed by atoms with van der Waals surface area (Å²) >= 11 is 0. The molecule has 0 aromatic heterocycles. The molecule has 5 heteroatoms. The van der Waals surface area contributed by atoms with Crippen LogP contribution in [0, 0.1) is 11.8 Å². The van der Waals surface area contributed by atoms with Crippen LogP contribution in [0.3, 0.4) is 0 Å². The minimum absolute atomic E-state index is 0.389. The van der Waals surface area contributed by atoms with E-state index in [9.17, 15) is 18.0 Å². The molecule has 0 radical (unpaired) electrons. The summed E-state index contributed by atoms with van der Waals surface area (Å²) in [6.45, 7) is -3.67. The van der Waals surface area contributed by atoms with E-state index in [-0.39, 0.29) is 0 Å². The fourth-order valence-corrected chi connectivity index (χ4v) is 7.12. The molecule has 0 spiro atoms. The fraction of sp³-hybridized carbons (Fsp3) is 0.933. The molecule has 116 valence electrons. The lowest BCUT2D eigenvalue weighted by Crippen LogP contribution is -2.41. The standard InChI is InChI=1S/C14H23OS.CHF3/c1-16(13-5-3-2-4-12(13)15)14-9-10-6-7-11(14)8-10;2-1(3)4/h10-11,13-14H,2-9H2,1H3;1H/q+1;. The zero-order chi connectivity index (χ0) is 14.7. The second kappa shape index (κ2) is 7.19. The van der Waals surface area contributed by atoms with Crippen LogP contribution in [0.15, 0.2) is 0 Å². The molecule has 0 heterocycles. The van der Waals surface area contributed by atoms with Gasteiger partial charge in [0.25, 0.3) is 0 Å². The van der Waals surface area contributed by atoms with Crippen molar-refractivity contribution in [3.63, 3.8) is 0 Å². The molecule has 5 unspecified atom stereocenters. The Hall–Kier alpha value is -0.190. The van der Waals surface area contributed by atoms with Crippen molar-refractivity contribution >= 4 is 16.7 Å². The monoisotopic (exact) mass is 309 g/mol. The van der Waals surface area contributed by atoms with Crippen molar-refractivity contribution in [2.24, 2.45) is 11.8 Å². The summed E-state index contributed by atoms with van der Waals surface area (Å²) in [5, 5.41) is 1.38. The Kier molecular flexibility index (Phi) is 5.82. The average molecular weight is 309 g/mol. The maximum absolute atomic E-state index is 12.0. The van der Waals surface area contributed by atoms with E-state index in [1.54, 1.807) is 0 Å². The lowest BCUT2D eigenvalue weighted by atomic mass is 9.99. The second-order valence-electron chi connectivity index (χ2n) is 6.27. The van der Waals surface area contributed by atoms with Crippen molar-refractivity contribution in [3.8, 4) is 0 Å². The van der Waals surface area contributed by atoms with E-state index in [0.717, 1.165) is 29.9 Å². The fourth-order valence-electron chi connectivity index (χ4n) is 4.20. The number of halogens is 3. The molecule has 5 atom stereocenters. The number of alkyl halides is 3. The van der Waals surface area contributed by atoms with Gasteiger partial charge in [-0.3, -0.25) is 4.79 Å². The highest BCUT2D eigenvalue weighted by molar-refractivity contribution is 7.98. The zero-order valence-corrected chi connectivity index (χ0v) is 12.8. The van der Waals surface area contributed by atoms with Crippen LogP contribution in [-0.4, -0.2) is 29.2 Å². The molecule has 3 aliphatic rings. The molecule has 0 aromatic carbocycles. The highest BCUT2D eigenvalue weighted by atomic mass is 32.2. The van der Waals surface area contributed by atoms with E-state index in [4.69, 9.17) is 0 Å². The summed E-state index contributed by atoms with van der Waals surface area (Å²) in [6.07, 6.45) is 12.8. The van der Waals surface area contributed by atoms with Crippen molar-refractivity contribution < 1.29 is 18.0 Å². The number of fused-ring (bicyclic) bond motifs is 2. The molecule has 20 heavy (non-hydrogen) atoms. The quantitative estimate of drug-likeness (QED) is 0.702. The zero-order valence-electron chi connectivity index (χ0n) is 12.0. The Morgan fingerprint density at radius 1 is 1.10 bits per heavy atom. The number of carbonyl (C=O) groups is 1. The third-order valence-corrected chi connectivity index (χ3v) is 8.03. The van der Waals surface area contributed by atoms with E-state index >= 15 is 0 Å². The molecule has 2 bridgehead atoms. The predicted octanol–water partition coefficient (Wildman–Crippen LogP) is 4.11. The molecule has 0 saturated heterocycles.